The van der Waals surface area contributed by atoms with Crippen molar-refractivity contribution in [3.05, 3.63) is 0 Å². The van der Waals surface area contributed by atoms with Gasteiger partial charge in [-0.3, -0.25) is 9.59 Å². The minimum absolute atomic E-state index is 0.0770. The number of carbonyl (C=O) groups excluding carboxylic acids is 2. The molecular weight excluding hydrogens is 206 g/mol. The number of hydrogen-bond donors (Lipinski definition) is 1. The number of nitrogens with one attached hydrogen (secondary N) is 1. The van der Waals surface area contributed by atoms with Crippen LogP contribution < -0.4 is 5.32 Å². The second kappa shape index (κ2) is 3.42. The number of rotatable bonds is 1. The van der Waals surface area contributed by atoms with Crippen LogP contribution in [0.15, 0.2) is 0 Å². The molecule has 0 aromatic rings. The molecule has 1 aliphatic carbocycles. The van der Waals surface area contributed by atoms with E-state index in [1.165, 1.54) is 6.92 Å². The average molecular weight is 218 g/mol. The number of amides is 1. The number of fused-ring (bicyclic) bond motifs is 2. The van der Waals surface area contributed by atoms with Crippen LogP contribution in [0.1, 0.15) is 19.8 Å². The van der Waals surface area contributed by atoms with Crippen molar-refractivity contribution in [2.75, 3.05) is 0 Å². The Kier molecular flexibility index (Phi) is 2.39. The molecule has 0 radical (unpaired) electrons. The normalized spacial score (nSPS) is 40.6. The monoisotopic (exact) mass is 217 g/mol. The zero-order valence-corrected chi connectivity index (χ0v) is 8.58. The van der Waals surface area contributed by atoms with Crippen molar-refractivity contribution in [3.8, 4) is 0 Å². The standard InChI is InChI=1S/C9H12ClNO3/c1-4(12)11-6-2-5-3-7(8(6)10)14-9(5)13/h5-8H,2-3H2,1H3,(H,11,12)/t5-,6+,7+,8-/m0/s1. The van der Waals surface area contributed by atoms with Gasteiger partial charge in [0.1, 0.15) is 6.10 Å². The molecule has 0 unspecified atom stereocenters. The molecule has 1 amide bonds. The van der Waals surface area contributed by atoms with Crippen molar-refractivity contribution >= 4 is 23.5 Å². The largest absolute Gasteiger partial charge is 0.460 e. The number of alkyl halides is 1. The first kappa shape index (κ1) is 9.77. The van der Waals surface area contributed by atoms with Crippen molar-refractivity contribution in [2.45, 2.75) is 37.3 Å². The maximum atomic E-state index is 11.2. The maximum Gasteiger partial charge on any atom is 0.309 e. The Balaban J connectivity index is 2.07. The molecule has 1 N–H and O–H groups in total. The number of halogens is 1. The molecule has 2 bridgehead atoms. The third-order valence-electron chi connectivity index (χ3n) is 2.78. The molecule has 0 aromatic carbocycles. The van der Waals surface area contributed by atoms with E-state index in [2.05, 4.69) is 5.32 Å². The Morgan fingerprint density at radius 2 is 2.29 bits per heavy atom. The van der Waals surface area contributed by atoms with Gasteiger partial charge in [0, 0.05) is 13.0 Å². The van der Waals surface area contributed by atoms with E-state index in [1.807, 2.05) is 0 Å². The van der Waals surface area contributed by atoms with E-state index in [-0.39, 0.29) is 35.3 Å². The molecule has 5 heteroatoms. The van der Waals surface area contributed by atoms with E-state index in [0.717, 1.165) is 0 Å². The summed E-state index contributed by atoms with van der Waals surface area (Å²) in [7, 11) is 0. The van der Waals surface area contributed by atoms with Crippen molar-refractivity contribution < 1.29 is 14.3 Å². The highest BCUT2D eigenvalue weighted by Crippen LogP contribution is 2.37. The zero-order chi connectivity index (χ0) is 10.3. The van der Waals surface area contributed by atoms with Gasteiger partial charge in [0.05, 0.1) is 11.3 Å². The summed E-state index contributed by atoms with van der Waals surface area (Å²) in [6.45, 7) is 1.45. The summed E-state index contributed by atoms with van der Waals surface area (Å²) in [4.78, 5) is 22.1. The van der Waals surface area contributed by atoms with Gasteiger partial charge in [0.15, 0.2) is 0 Å². The van der Waals surface area contributed by atoms with Gasteiger partial charge in [0.2, 0.25) is 5.91 Å². The molecule has 1 saturated carbocycles. The van der Waals surface area contributed by atoms with Crippen molar-refractivity contribution in [1.29, 1.82) is 0 Å². The van der Waals surface area contributed by atoms with Crippen LogP contribution in [-0.4, -0.2) is 29.4 Å². The molecule has 78 valence electrons. The Labute approximate surface area is 86.9 Å². The molecular formula is C9H12ClNO3. The second-order valence-corrected chi connectivity index (χ2v) is 4.40. The molecule has 4 nitrogen and oxygen atoms in total. The molecule has 0 spiro atoms. The first-order chi connectivity index (χ1) is 6.58. The van der Waals surface area contributed by atoms with Gasteiger partial charge < -0.3 is 10.1 Å². The van der Waals surface area contributed by atoms with Crippen molar-refractivity contribution in [2.24, 2.45) is 5.92 Å². The number of esters is 1. The van der Waals surface area contributed by atoms with E-state index in [9.17, 15) is 9.59 Å². The first-order valence-corrected chi connectivity index (χ1v) is 5.13. The smallest absolute Gasteiger partial charge is 0.309 e. The summed E-state index contributed by atoms with van der Waals surface area (Å²) in [6.07, 6.45) is 1.08. The van der Waals surface area contributed by atoms with Gasteiger partial charge in [-0.15, -0.1) is 11.6 Å². The van der Waals surface area contributed by atoms with Gasteiger partial charge in [0.25, 0.3) is 0 Å². The summed E-state index contributed by atoms with van der Waals surface area (Å²) in [5.41, 5.74) is 0. The molecule has 0 aromatic heterocycles. The van der Waals surface area contributed by atoms with Gasteiger partial charge in [-0.1, -0.05) is 0 Å². The topological polar surface area (TPSA) is 55.4 Å². The quantitative estimate of drug-likeness (QED) is 0.512. The van der Waals surface area contributed by atoms with Crippen molar-refractivity contribution in [3.63, 3.8) is 0 Å². The lowest BCUT2D eigenvalue weighted by atomic mass is 9.86. The van der Waals surface area contributed by atoms with Crippen LogP contribution in [0, 0.1) is 5.92 Å². The fourth-order valence-electron chi connectivity index (χ4n) is 2.15. The summed E-state index contributed by atoms with van der Waals surface area (Å²) in [5.74, 6) is -0.366. The highest BCUT2D eigenvalue weighted by atomic mass is 35.5. The molecule has 1 heterocycles. The fourth-order valence-corrected chi connectivity index (χ4v) is 2.47. The van der Waals surface area contributed by atoms with Crippen LogP contribution in [0.3, 0.4) is 0 Å². The Morgan fingerprint density at radius 1 is 1.57 bits per heavy atom. The number of carbonyl (C=O) groups is 2. The Bertz CT molecular complexity index is 281. The number of ether oxygens (including phenoxy) is 1. The van der Waals surface area contributed by atoms with Gasteiger partial charge in [-0.05, 0) is 12.8 Å². The summed E-state index contributed by atoms with van der Waals surface area (Å²) >= 11 is 6.09. The first-order valence-electron chi connectivity index (χ1n) is 4.69. The van der Waals surface area contributed by atoms with Crippen LogP contribution in [-0.2, 0) is 14.3 Å². The zero-order valence-electron chi connectivity index (χ0n) is 7.83. The lowest BCUT2D eigenvalue weighted by molar-refractivity contribution is -0.143. The molecule has 1 saturated heterocycles. The van der Waals surface area contributed by atoms with Crippen LogP contribution in [0.25, 0.3) is 0 Å². The maximum absolute atomic E-state index is 11.2. The Hall–Kier alpha value is -0.770. The lowest BCUT2D eigenvalue weighted by Gasteiger charge is -2.29. The summed E-state index contributed by atoms with van der Waals surface area (Å²) in [6, 6.07) is -0.135. The molecule has 14 heavy (non-hydrogen) atoms. The Morgan fingerprint density at radius 3 is 2.93 bits per heavy atom. The third-order valence-corrected chi connectivity index (χ3v) is 3.37. The van der Waals surface area contributed by atoms with Gasteiger partial charge in [-0.2, -0.15) is 0 Å². The average Bonchev–Trinajstić information content (AvgIpc) is 2.39. The van der Waals surface area contributed by atoms with Crippen LogP contribution in [0.5, 0.6) is 0 Å². The fraction of sp³-hybridized carbons (Fsp3) is 0.778. The predicted octanol–water partition coefficient (Wildman–Crippen LogP) is 0.434. The van der Waals surface area contributed by atoms with Crippen LogP contribution in [0.2, 0.25) is 0 Å². The predicted molar refractivity (Wildman–Crippen MR) is 49.8 cm³/mol. The van der Waals surface area contributed by atoms with Crippen LogP contribution >= 0.6 is 11.6 Å². The molecule has 2 fully saturated rings. The van der Waals surface area contributed by atoms with E-state index in [4.69, 9.17) is 16.3 Å². The van der Waals surface area contributed by atoms with Gasteiger partial charge >= 0.3 is 5.97 Å². The SMILES string of the molecule is CC(=O)N[C@@H]1C[C@H]2C[C@@H](OC2=O)[C@H]1Cl. The van der Waals surface area contributed by atoms with E-state index in [1.54, 1.807) is 0 Å². The van der Waals surface area contributed by atoms with E-state index in [0.29, 0.717) is 12.8 Å². The number of hydrogen-bond acceptors (Lipinski definition) is 3. The van der Waals surface area contributed by atoms with Crippen molar-refractivity contribution in [1.82, 2.24) is 5.32 Å². The molecule has 2 aliphatic rings. The van der Waals surface area contributed by atoms with Gasteiger partial charge in [-0.25, -0.2) is 0 Å². The van der Waals surface area contributed by atoms with E-state index >= 15 is 0 Å². The van der Waals surface area contributed by atoms with E-state index < -0.39 is 0 Å². The summed E-state index contributed by atoms with van der Waals surface area (Å²) in [5, 5.41) is 2.46. The minimum atomic E-state index is -0.290. The third kappa shape index (κ3) is 1.59. The molecule has 4 atom stereocenters. The highest BCUT2D eigenvalue weighted by molar-refractivity contribution is 6.22. The lowest BCUT2D eigenvalue weighted by Crippen LogP contribution is -2.47. The summed E-state index contributed by atoms with van der Waals surface area (Å²) < 4.78 is 5.09. The minimum Gasteiger partial charge on any atom is -0.460 e. The molecule has 1 aliphatic heterocycles. The highest BCUT2D eigenvalue weighted by Gasteiger charge is 2.47. The second-order valence-electron chi connectivity index (χ2n) is 3.90. The van der Waals surface area contributed by atoms with Crippen LogP contribution in [0.4, 0.5) is 0 Å². The molecule has 2 rings (SSSR count).